The van der Waals surface area contributed by atoms with Gasteiger partial charge in [0.25, 0.3) is 0 Å². The van der Waals surface area contributed by atoms with E-state index in [9.17, 15) is 9.59 Å². The molecule has 1 saturated heterocycles. The first kappa shape index (κ1) is 16.2. The minimum Gasteiger partial charge on any atom is -0.479 e. The summed E-state index contributed by atoms with van der Waals surface area (Å²) in [6.45, 7) is 1.01. The molecule has 0 spiro atoms. The van der Waals surface area contributed by atoms with Gasteiger partial charge in [0.1, 0.15) is 6.10 Å². The number of carboxylic acids is 1. The van der Waals surface area contributed by atoms with E-state index in [0.29, 0.717) is 25.9 Å². The van der Waals surface area contributed by atoms with Crippen molar-refractivity contribution in [3.05, 3.63) is 53.9 Å². The number of hydrogen-bond donors (Lipinski definition) is 2. The standard InChI is InChI=1S/C17H19N3O4/c21-16(14-6-7-15(24-14)17(22)23)18-8-13-9-19-20(11-13)10-12-4-2-1-3-5-12/h1-5,9,11,14-15H,6-8,10H2,(H,18,21)(H,22,23)/t14-,15+/m0/s1. The number of ether oxygens (including phenoxy) is 1. The molecule has 7 heteroatoms. The summed E-state index contributed by atoms with van der Waals surface area (Å²) in [6, 6.07) is 9.98. The fourth-order valence-corrected chi connectivity index (χ4v) is 2.67. The van der Waals surface area contributed by atoms with Crippen LogP contribution in [0.15, 0.2) is 42.7 Å². The molecule has 7 nitrogen and oxygen atoms in total. The van der Waals surface area contributed by atoms with Gasteiger partial charge >= 0.3 is 5.97 Å². The van der Waals surface area contributed by atoms with Crippen LogP contribution in [0, 0.1) is 0 Å². The predicted molar refractivity (Wildman–Crippen MR) is 85.1 cm³/mol. The molecule has 1 aliphatic rings. The molecule has 3 rings (SSSR count). The van der Waals surface area contributed by atoms with E-state index in [4.69, 9.17) is 9.84 Å². The van der Waals surface area contributed by atoms with Gasteiger partial charge in [-0.1, -0.05) is 30.3 Å². The first-order valence-electron chi connectivity index (χ1n) is 7.83. The Bertz CT molecular complexity index is 714. The first-order valence-corrected chi connectivity index (χ1v) is 7.83. The van der Waals surface area contributed by atoms with Gasteiger partial charge in [0.15, 0.2) is 6.10 Å². The summed E-state index contributed by atoms with van der Waals surface area (Å²) < 4.78 is 7.03. The molecule has 1 aromatic carbocycles. The molecule has 1 amide bonds. The Labute approximate surface area is 139 Å². The van der Waals surface area contributed by atoms with Gasteiger partial charge in [0.2, 0.25) is 5.91 Å². The molecule has 24 heavy (non-hydrogen) atoms. The highest BCUT2D eigenvalue weighted by atomic mass is 16.5. The van der Waals surface area contributed by atoms with Crippen LogP contribution >= 0.6 is 0 Å². The topological polar surface area (TPSA) is 93.5 Å². The van der Waals surface area contributed by atoms with Crippen molar-refractivity contribution < 1.29 is 19.4 Å². The maximum Gasteiger partial charge on any atom is 0.332 e. The predicted octanol–water partition coefficient (Wildman–Crippen LogP) is 1.18. The molecule has 126 valence electrons. The van der Waals surface area contributed by atoms with Crippen LogP contribution in [0.2, 0.25) is 0 Å². The highest BCUT2D eigenvalue weighted by Gasteiger charge is 2.34. The summed E-state index contributed by atoms with van der Waals surface area (Å²) in [5, 5.41) is 15.9. The number of carbonyl (C=O) groups excluding carboxylic acids is 1. The zero-order valence-electron chi connectivity index (χ0n) is 13.1. The molecule has 0 bridgehead atoms. The SMILES string of the molecule is O=C(NCc1cnn(Cc2ccccc2)c1)[C@@H]1CC[C@H](C(=O)O)O1. The number of amides is 1. The Hall–Kier alpha value is -2.67. The molecule has 0 aliphatic carbocycles. The van der Waals surface area contributed by atoms with Gasteiger partial charge in [-0.05, 0) is 18.4 Å². The fourth-order valence-electron chi connectivity index (χ4n) is 2.67. The molecule has 2 aromatic rings. The van der Waals surface area contributed by atoms with E-state index < -0.39 is 18.2 Å². The van der Waals surface area contributed by atoms with Crippen molar-refractivity contribution in [1.82, 2.24) is 15.1 Å². The second-order valence-electron chi connectivity index (χ2n) is 5.78. The van der Waals surface area contributed by atoms with Gasteiger partial charge in [-0.3, -0.25) is 9.48 Å². The summed E-state index contributed by atoms with van der Waals surface area (Å²) in [5.41, 5.74) is 2.03. The van der Waals surface area contributed by atoms with Crippen LogP contribution in [-0.4, -0.2) is 39.0 Å². The van der Waals surface area contributed by atoms with E-state index >= 15 is 0 Å². The van der Waals surface area contributed by atoms with Crippen LogP contribution in [-0.2, 0) is 27.4 Å². The average Bonchev–Trinajstić information content (AvgIpc) is 3.23. The van der Waals surface area contributed by atoms with E-state index in [1.165, 1.54) is 0 Å². The van der Waals surface area contributed by atoms with Gasteiger partial charge in [0.05, 0.1) is 12.7 Å². The quantitative estimate of drug-likeness (QED) is 0.830. The third-order valence-corrected chi connectivity index (χ3v) is 3.93. The molecule has 2 N–H and O–H groups in total. The molecule has 2 heterocycles. The zero-order valence-corrected chi connectivity index (χ0v) is 13.1. The van der Waals surface area contributed by atoms with Crippen molar-refractivity contribution >= 4 is 11.9 Å². The first-order chi connectivity index (χ1) is 11.6. The number of aromatic nitrogens is 2. The Morgan fingerprint density at radius 1 is 1.21 bits per heavy atom. The molecule has 0 saturated carbocycles. The van der Waals surface area contributed by atoms with E-state index in [2.05, 4.69) is 10.4 Å². The molecular weight excluding hydrogens is 310 g/mol. The number of aliphatic carboxylic acids is 1. The summed E-state index contributed by atoms with van der Waals surface area (Å²) in [7, 11) is 0. The summed E-state index contributed by atoms with van der Waals surface area (Å²) in [5.74, 6) is -1.30. The number of carbonyl (C=O) groups is 2. The van der Waals surface area contributed by atoms with E-state index in [0.717, 1.165) is 11.1 Å². The molecule has 1 fully saturated rings. The number of benzene rings is 1. The summed E-state index contributed by atoms with van der Waals surface area (Å²) >= 11 is 0. The molecule has 2 atom stereocenters. The normalized spacial score (nSPS) is 20.0. The highest BCUT2D eigenvalue weighted by Crippen LogP contribution is 2.20. The lowest BCUT2D eigenvalue weighted by Crippen LogP contribution is -2.35. The van der Waals surface area contributed by atoms with Gasteiger partial charge in [0, 0.05) is 18.3 Å². The number of hydrogen-bond acceptors (Lipinski definition) is 4. The van der Waals surface area contributed by atoms with Gasteiger partial charge < -0.3 is 15.2 Å². The lowest BCUT2D eigenvalue weighted by Gasteiger charge is -2.11. The maximum absolute atomic E-state index is 12.0. The van der Waals surface area contributed by atoms with Crippen LogP contribution in [0.5, 0.6) is 0 Å². The largest absolute Gasteiger partial charge is 0.479 e. The van der Waals surface area contributed by atoms with Crippen LogP contribution in [0.1, 0.15) is 24.0 Å². The van der Waals surface area contributed by atoms with E-state index in [1.807, 2.05) is 41.2 Å². The Morgan fingerprint density at radius 2 is 1.96 bits per heavy atom. The lowest BCUT2D eigenvalue weighted by molar-refractivity contribution is -0.151. The number of nitrogens with one attached hydrogen (secondary N) is 1. The van der Waals surface area contributed by atoms with E-state index in [1.54, 1.807) is 6.20 Å². The van der Waals surface area contributed by atoms with Crippen LogP contribution in [0.3, 0.4) is 0 Å². The highest BCUT2D eigenvalue weighted by molar-refractivity contribution is 5.82. The molecule has 1 aliphatic heterocycles. The van der Waals surface area contributed by atoms with Crippen molar-refractivity contribution in [3.63, 3.8) is 0 Å². The Balaban J connectivity index is 1.49. The smallest absolute Gasteiger partial charge is 0.332 e. The van der Waals surface area contributed by atoms with Gasteiger partial charge in [-0.2, -0.15) is 5.10 Å². The van der Waals surface area contributed by atoms with Crippen LogP contribution in [0.25, 0.3) is 0 Å². The minimum absolute atomic E-state index is 0.283. The number of rotatable bonds is 6. The van der Waals surface area contributed by atoms with Crippen molar-refractivity contribution in [2.75, 3.05) is 0 Å². The Kier molecular flexibility index (Phi) is 4.90. The van der Waals surface area contributed by atoms with Crippen LogP contribution < -0.4 is 5.32 Å². The lowest BCUT2D eigenvalue weighted by atomic mass is 10.2. The molecule has 0 unspecified atom stereocenters. The Morgan fingerprint density at radius 3 is 2.67 bits per heavy atom. The second-order valence-corrected chi connectivity index (χ2v) is 5.78. The summed E-state index contributed by atoms with van der Waals surface area (Å²) in [6.07, 6.45) is 2.81. The van der Waals surface area contributed by atoms with Gasteiger partial charge in [-0.25, -0.2) is 4.79 Å². The van der Waals surface area contributed by atoms with Crippen LogP contribution in [0.4, 0.5) is 0 Å². The molecule has 0 radical (unpaired) electrons. The molecular formula is C17H19N3O4. The fraction of sp³-hybridized carbons (Fsp3) is 0.353. The second kappa shape index (κ2) is 7.27. The van der Waals surface area contributed by atoms with Crippen molar-refractivity contribution in [3.8, 4) is 0 Å². The monoisotopic (exact) mass is 329 g/mol. The van der Waals surface area contributed by atoms with Crippen molar-refractivity contribution in [1.29, 1.82) is 0 Å². The van der Waals surface area contributed by atoms with Crippen molar-refractivity contribution in [2.45, 2.75) is 38.1 Å². The number of nitrogens with zero attached hydrogens (tertiary/aromatic N) is 2. The van der Waals surface area contributed by atoms with Crippen molar-refractivity contribution in [2.24, 2.45) is 0 Å². The van der Waals surface area contributed by atoms with E-state index in [-0.39, 0.29) is 5.91 Å². The van der Waals surface area contributed by atoms with Gasteiger partial charge in [-0.15, -0.1) is 0 Å². The average molecular weight is 329 g/mol. The zero-order chi connectivity index (χ0) is 16.9. The third-order valence-electron chi connectivity index (χ3n) is 3.93. The third kappa shape index (κ3) is 3.99. The molecule has 1 aromatic heterocycles. The maximum atomic E-state index is 12.0. The minimum atomic E-state index is -1.02. The summed E-state index contributed by atoms with van der Waals surface area (Å²) in [4.78, 5) is 22.9. The number of carboxylic acid groups (broad SMARTS) is 1.